The molecule has 1 aliphatic rings. The molecule has 1 saturated carbocycles. The molecule has 1 amide bonds. The van der Waals surface area contributed by atoms with E-state index in [4.69, 9.17) is 0 Å². The van der Waals surface area contributed by atoms with E-state index in [1.165, 1.54) is 18.2 Å². The van der Waals surface area contributed by atoms with Crippen LogP contribution in [0, 0.1) is 12.8 Å². The highest BCUT2D eigenvalue weighted by Gasteiger charge is 2.37. The molecule has 0 aromatic heterocycles. The maximum atomic E-state index is 13.3. The van der Waals surface area contributed by atoms with Gasteiger partial charge in [-0.2, -0.15) is 11.8 Å². The second-order valence-electron chi connectivity index (χ2n) is 9.96. The van der Waals surface area contributed by atoms with Crippen LogP contribution >= 0.6 is 19.4 Å². The molecule has 194 valence electrons. The standard InChI is InChI=1S/C28H36NO5PS/c1-19-9-7-8-12-22(19)24-17-21(28(2,35(33)34)18-20-10-5-4-6-11-20)13-14-23(24)26(30)29-25(27(31)32)15-16-36-3/h7-9,12-14,17,20,25H,4-6,10-11,15-16,18H2,1-3H3,(H,29,30)(H,31,32)/t25-,28?/m0/s1. The van der Waals surface area contributed by atoms with Gasteiger partial charge in [0.15, 0.2) is 0 Å². The van der Waals surface area contributed by atoms with E-state index in [1.54, 1.807) is 19.1 Å². The predicted octanol–water partition coefficient (Wildman–Crippen LogP) is 6.96. The molecule has 36 heavy (non-hydrogen) atoms. The summed E-state index contributed by atoms with van der Waals surface area (Å²) < 4.78 is 25.3. The number of amides is 1. The predicted molar refractivity (Wildman–Crippen MR) is 145 cm³/mol. The highest BCUT2D eigenvalue weighted by molar-refractivity contribution is 7.98. The van der Waals surface area contributed by atoms with Gasteiger partial charge in [0.1, 0.15) is 11.2 Å². The molecule has 0 bridgehead atoms. The van der Waals surface area contributed by atoms with Crippen molar-refractivity contribution >= 4 is 31.3 Å². The third kappa shape index (κ3) is 6.68. The number of hydrogen-bond donors (Lipinski definition) is 2. The first-order valence-electron chi connectivity index (χ1n) is 12.5. The monoisotopic (exact) mass is 529 g/mol. The van der Waals surface area contributed by atoms with Gasteiger partial charge in [-0.15, -0.1) is 0 Å². The van der Waals surface area contributed by atoms with Gasteiger partial charge in [-0.25, -0.2) is 13.9 Å². The maximum absolute atomic E-state index is 13.3. The van der Waals surface area contributed by atoms with Crippen LogP contribution in [0.25, 0.3) is 11.1 Å². The Morgan fingerprint density at radius 2 is 1.81 bits per heavy atom. The number of rotatable bonds is 11. The second kappa shape index (κ2) is 12.7. The van der Waals surface area contributed by atoms with Gasteiger partial charge in [0, 0.05) is 5.56 Å². The summed E-state index contributed by atoms with van der Waals surface area (Å²) in [6.07, 6.45) is 8.30. The summed E-state index contributed by atoms with van der Waals surface area (Å²) in [5.41, 5.74) is 3.38. The number of thioether (sulfide) groups is 1. The quantitative estimate of drug-likeness (QED) is 0.305. The van der Waals surface area contributed by atoms with Gasteiger partial charge in [-0.1, -0.05) is 62.4 Å². The van der Waals surface area contributed by atoms with Gasteiger partial charge in [-0.3, -0.25) is 4.79 Å². The van der Waals surface area contributed by atoms with Crippen molar-refractivity contribution in [3.8, 4) is 11.1 Å². The van der Waals surface area contributed by atoms with Crippen LogP contribution in [0.2, 0.25) is 0 Å². The Morgan fingerprint density at radius 1 is 1.11 bits per heavy atom. The fourth-order valence-electron chi connectivity index (χ4n) is 5.16. The maximum Gasteiger partial charge on any atom is 0.326 e. The number of carboxylic acid groups (broad SMARTS) is 1. The van der Waals surface area contributed by atoms with Crippen molar-refractivity contribution < 1.29 is 23.8 Å². The lowest BCUT2D eigenvalue weighted by Crippen LogP contribution is -2.41. The average Bonchev–Trinajstić information content (AvgIpc) is 2.86. The highest BCUT2D eigenvalue weighted by Crippen LogP contribution is 2.48. The van der Waals surface area contributed by atoms with Crippen LogP contribution < -0.4 is 5.32 Å². The molecule has 0 aliphatic heterocycles. The van der Waals surface area contributed by atoms with Crippen LogP contribution in [0.3, 0.4) is 0 Å². The largest absolute Gasteiger partial charge is 0.480 e. The Balaban J connectivity index is 2.06. The Bertz CT molecular complexity index is 1150. The summed E-state index contributed by atoms with van der Waals surface area (Å²) in [5, 5.41) is 11.2. The van der Waals surface area contributed by atoms with Crippen molar-refractivity contribution in [2.75, 3.05) is 12.0 Å². The molecule has 2 N–H and O–H groups in total. The van der Waals surface area contributed by atoms with Crippen molar-refractivity contribution in [3.05, 3.63) is 59.2 Å². The van der Waals surface area contributed by atoms with Crippen LogP contribution in [0.5, 0.6) is 0 Å². The van der Waals surface area contributed by atoms with Crippen LogP contribution in [-0.2, 0) is 19.1 Å². The topological polar surface area (TPSA) is 101 Å². The van der Waals surface area contributed by atoms with E-state index in [0.717, 1.165) is 36.8 Å². The summed E-state index contributed by atoms with van der Waals surface area (Å²) in [7, 11) is -2.77. The van der Waals surface area contributed by atoms with E-state index >= 15 is 0 Å². The number of carbonyl (C=O) groups is 2. The third-order valence-electron chi connectivity index (χ3n) is 7.35. The minimum atomic E-state index is -2.77. The van der Waals surface area contributed by atoms with Crippen LogP contribution in [0.4, 0.5) is 0 Å². The Morgan fingerprint density at radius 3 is 2.42 bits per heavy atom. The first-order chi connectivity index (χ1) is 17.2. The molecule has 1 aliphatic carbocycles. The van der Waals surface area contributed by atoms with E-state index in [-0.39, 0.29) is 0 Å². The van der Waals surface area contributed by atoms with Gasteiger partial charge < -0.3 is 10.4 Å². The van der Waals surface area contributed by atoms with Gasteiger partial charge in [0.05, 0.1) is 0 Å². The van der Waals surface area contributed by atoms with Crippen molar-refractivity contribution in [1.29, 1.82) is 0 Å². The summed E-state index contributed by atoms with van der Waals surface area (Å²) >= 11 is 1.52. The molecule has 1 unspecified atom stereocenters. The lowest BCUT2D eigenvalue weighted by atomic mass is 9.80. The number of aliphatic carboxylic acids is 1. The fourth-order valence-corrected chi connectivity index (χ4v) is 6.38. The molecule has 2 aromatic rings. The molecule has 2 aromatic carbocycles. The molecule has 0 saturated heterocycles. The first-order valence-corrected chi connectivity index (χ1v) is 15.1. The molecule has 2 atom stereocenters. The van der Waals surface area contributed by atoms with Gasteiger partial charge in [0.25, 0.3) is 5.91 Å². The van der Waals surface area contributed by atoms with E-state index in [1.807, 2.05) is 43.5 Å². The van der Waals surface area contributed by atoms with E-state index in [2.05, 4.69) is 5.32 Å². The Kier molecular flexibility index (Phi) is 9.98. The smallest absolute Gasteiger partial charge is 0.326 e. The Labute approximate surface area is 218 Å². The number of nitrogens with one attached hydrogen (secondary N) is 1. The molecule has 0 heterocycles. The number of benzene rings is 2. The lowest BCUT2D eigenvalue weighted by Gasteiger charge is -2.30. The zero-order valence-electron chi connectivity index (χ0n) is 21.3. The molecular weight excluding hydrogens is 493 g/mol. The number of aryl methyl sites for hydroxylation is 1. The molecule has 8 heteroatoms. The molecule has 3 rings (SSSR count). The molecule has 1 fully saturated rings. The van der Waals surface area contributed by atoms with Crippen molar-refractivity contribution in [2.45, 2.75) is 70.0 Å². The summed E-state index contributed by atoms with van der Waals surface area (Å²) in [4.78, 5) is 25.1. The van der Waals surface area contributed by atoms with Crippen molar-refractivity contribution in [1.82, 2.24) is 5.32 Å². The second-order valence-corrected chi connectivity index (χ2v) is 12.4. The normalized spacial score (nSPS) is 16.6. The van der Waals surface area contributed by atoms with Crippen molar-refractivity contribution in [3.63, 3.8) is 0 Å². The van der Waals surface area contributed by atoms with Crippen LogP contribution in [0.1, 0.15) is 73.4 Å². The molecular formula is C28H36NO5PS. The summed E-state index contributed by atoms with van der Waals surface area (Å²) in [5.74, 6) is -0.588. The zero-order valence-corrected chi connectivity index (χ0v) is 23.0. The molecule has 0 radical (unpaired) electrons. The van der Waals surface area contributed by atoms with Gasteiger partial charge in [0.2, 0.25) is 0 Å². The SMILES string of the molecule is CSCC[C@H](NC(=O)c1ccc(C(C)(CC2CCCCC2)P(=O)=O)cc1-c1ccccc1C)C(=O)O. The lowest BCUT2D eigenvalue weighted by molar-refractivity contribution is -0.139. The molecule has 6 nitrogen and oxygen atoms in total. The number of carboxylic acids is 1. The van der Waals surface area contributed by atoms with E-state index in [0.29, 0.717) is 41.2 Å². The minimum Gasteiger partial charge on any atom is -0.480 e. The average molecular weight is 530 g/mol. The van der Waals surface area contributed by atoms with Crippen molar-refractivity contribution in [2.24, 2.45) is 5.92 Å². The Hall–Kier alpha value is -2.37. The minimum absolute atomic E-state index is 0.316. The zero-order chi connectivity index (χ0) is 26.3. The fraction of sp³-hybridized carbons (Fsp3) is 0.500. The van der Waals surface area contributed by atoms with Gasteiger partial charge >= 0.3 is 13.6 Å². The summed E-state index contributed by atoms with van der Waals surface area (Å²) in [6.45, 7) is 3.73. The number of hydrogen-bond acceptors (Lipinski definition) is 5. The van der Waals surface area contributed by atoms with Gasteiger partial charge in [-0.05, 0) is 79.0 Å². The molecule has 0 spiro atoms. The third-order valence-corrected chi connectivity index (χ3v) is 9.24. The van der Waals surface area contributed by atoms with Crippen LogP contribution in [0.15, 0.2) is 42.5 Å². The first kappa shape index (κ1) is 28.2. The van der Waals surface area contributed by atoms with E-state index < -0.39 is 30.8 Å². The van der Waals surface area contributed by atoms with Crippen LogP contribution in [-0.4, -0.2) is 35.0 Å². The van der Waals surface area contributed by atoms with E-state index in [9.17, 15) is 23.8 Å². The summed E-state index contributed by atoms with van der Waals surface area (Å²) in [6, 6.07) is 11.8. The highest BCUT2D eigenvalue weighted by atomic mass is 32.2. The number of carbonyl (C=O) groups excluding carboxylic acids is 1.